The lowest BCUT2D eigenvalue weighted by atomic mass is 9.90. The summed E-state index contributed by atoms with van der Waals surface area (Å²) in [6.45, 7) is 12.3. The molecule has 0 saturated carbocycles. The Bertz CT molecular complexity index is 1710. The Morgan fingerprint density at radius 1 is 0.881 bits per heavy atom. The van der Waals surface area contributed by atoms with Crippen molar-refractivity contribution in [3.8, 4) is 22.5 Å². The van der Waals surface area contributed by atoms with Crippen LogP contribution in [0, 0.1) is 0 Å². The summed E-state index contributed by atoms with van der Waals surface area (Å²) in [6.07, 6.45) is 2.49. The highest BCUT2D eigenvalue weighted by Crippen LogP contribution is 2.42. The van der Waals surface area contributed by atoms with Gasteiger partial charge >= 0.3 is 0 Å². The second kappa shape index (κ2) is 12.4. The van der Waals surface area contributed by atoms with Gasteiger partial charge in [-0.3, -0.25) is 19.3 Å². The zero-order valence-corrected chi connectivity index (χ0v) is 24.6. The van der Waals surface area contributed by atoms with E-state index in [1.807, 2.05) is 18.2 Å². The van der Waals surface area contributed by atoms with Gasteiger partial charge in [0.1, 0.15) is 24.4 Å². The van der Waals surface area contributed by atoms with Crippen molar-refractivity contribution in [2.24, 2.45) is 0 Å². The Balaban J connectivity index is 1.64. The number of amides is 3. The molecule has 0 radical (unpaired) electrons. The van der Waals surface area contributed by atoms with E-state index in [0.717, 1.165) is 75.5 Å². The number of hydrogen-bond acceptors (Lipinski definition) is 5. The Morgan fingerprint density at radius 3 is 2.29 bits per heavy atom. The molecule has 0 bridgehead atoms. The summed E-state index contributed by atoms with van der Waals surface area (Å²) in [5.74, 6) is -0.269. The topological polar surface area (TPSA) is 85.9 Å². The monoisotopic (exact) mass is 565 g/mol. The molecule has 5 rings (SSSR count). The first-order valence-electron chi connectivity index (χ1n) is 14.6. The molecular formula is C34H37N4O4+. The minimum absolute atomic E-state index is 0.108. The van der Waals surface area contributed by atoms with Crippen molar-refractivity contribution in [2.75, 3.05) is 44.2 Å². The van der Waals surface area contributed by atoms with Crippen LogP contribution in [0.5, 0.6) is 0 Å². The SMILES string of the molecule is CCN(CC)c1ccc2c(-c3ccccc3C(=O)NCCN3C(=O)C=CC3=O)c3ccc(=[N+](CC)CC)cc-3oc2c1. The number of carbonyl (C=O) groups is 3. The van der Waals surface area contributed by atoms with Gasteiger partial charge in [0.25, 0.3) is 17.7 Å². The van der Waals surface area contributed by atoms with E-state index >= 15 is 0 Å². The van der Waals surface area contributed by atoms with Gasteiger partial charge in [0.15, 0.2) is 0 Å². The molecule has 8 heteroatoms. The van der Waals surface area contributed by atoms with Gasteiger partial charge in [-0.05, 0) is 57.5 Å². The van der Waals surface area contributed by atoms with Crippen LogP contribution in [0.25, 0.3) is 33.4 Å². The second-order valence-electron chi connectivity index (χ2n) is 10.1. The largest absolute Gasteiger partial charge is 0.456 e. The summed E-state index contributed by atoms with van der Waals surface area (Å²) in [5, 5.41) is 4.89. The van der Waals surface area contributed by atoms with Crippen LogP contribution in [0.4, 0.5) is 5.69 Å². The van der Waals surface area contributed by atoms with Gasteiger partial charge in [0, 0.05) is 78.2 Å². The number of anilines is 1. The molecule has 1 aliphatic carbocycles. The van der Waals surface area contributed by atoms with E-state index < -0.39 is 0 Å². The maximum atomic E-state index is 13.5. The zero-order valence-electron chi connectivity index (χ0n) is 24.6. The molecule has 216 valence electrons. The number of imide groups is 1. The van der Waals surface area contributed by atoms with Crippen molar-refractivity contribution in [3.63, 3.8) is 0 Å². The maximum Gasteiger partial charge on any atom is 0.253 e. The van der Waals surface area contributed by atoms with Gasteiger partial charge in [-0.2, -0.15) is 0 Å². The molecule has 2 aromatic carbocycles. The minimum Gasteiger partial charge on any atom is -0.456 e. The highest BCUT2D eigenvalue weighted by molar-refractivity contribution is 6.13. The first-order valence-corrected chi connectivity index (χ1v) is 14.6. The summed E-state index contributed by atoms with van der Waals surface area (Å²) in [4.78, 5) is 40.8. The number of benzene rings is 3. The molecule has 0 fully saturated rings. The predicted molar refractivity (Wildman–Crippen MR) is 166 cm³/mol. The lowest BCUT2D eigenvalue weighted by molar-refractivity contribution is -0.136. The lowest BCUT2D eigenvalue weighted by Crippen LogP contribution is -2.38. The number of hydrogen-bond donors (Lipinski definition) is 1. The molecule has 3 aliphatic rings. The number of nitrogens with one attached hydrogen (secondary N) is 1. The van der Waals surface area contributed by atoms with E-state index in [0.29, 0.717) is 5.56 Å². The molecule has 0 spiro atoms. The molecule has 42 heavy (non-hydrogen) atoms. The van der Waals surface area contributed by atoms with Crippen LogP contribution in [-0.2, 0) is 9.59 Å². The lowest BCUT2D eigenvalue weighted by Gasteiger charge is -2.23. The van der Waals surface area contributed by atoms with Crippen LogP contribution in [0.2, 0.25) is 0 Å². The molecule has 3 amide bonds. The number of rotatable bonds is 10. The molecule has 0 unspecified atom stereocenters. The van der Waals surface area contributed by atoms with E-state index in [4.69, 9.17) is 4.42 Å². The Labute approximate surface area is 245 Å². The van der Waals surface area contributed by atoms with Crippen molar-refractivity contribution >= 4 is 34.4 Å². The molecule has 2 aliphatic heterocycles. The Hall–Kier alpha value is -4.72. The van der Waals surface area contributed by atoms with Crippen LogP contribution in [0.3, 0.4) is 0 Å². The molecule has 0 atom stereocenters. The number of nitrogens with zero attached hydrogens (tertiary/aromatic N) is 3. The van der Waals surface area contributed by atoms with Gasteiger partial charge in [0.2, 0.25) is 5.36 Å². The second-order valence-corrected chi connectivity index (χ2v) is 10.1. The van der Waals surface area contributed by atoms with E-state index in [-0.39, 0.29) is 30.8 Å². The van der Waals surface area contributed by atoms with Crippen LogP contribution >= 0.6 is 0 Å². The average Bonchev–Trinajstić information content (AvgIpc) is 3.33. The zero-order chi connectivity index (χ0) is 29.8. The first-order chi connectivity index (χ1) is 20.4. The Kier molecular flexibility index (Phi) is 8.52. The molecule has 0 aromatic heterocycles. The van der Waals surface area contributed by atoms with Crippen LogP contribution < -0.4 is 20.1 Å². The molecular weight excluding hydrogens is 528 g/mol. The van der Waals surface area contributed by atoms with Crippen molar-refractivity contribution in [3.05, 3.63) is 83.7 Å². The summed E-state index contributed by atoms with van der Waals surface area (Å²) in [7, 11) is 0. The molecule has 1 N–H and O–H groups in total. The third-order valence-electron chi connectivity index (χ3n) is 7.91. The number of carbonyl (C=O) groups excluding carboxylic acids is 3. The van der Waals surface area contributed by atoms with Gasteiger partial charge in [-0.15, -0.1) is 0 Å². The third-order valence-corrected chi connectivity index (χ3v) is 7.91. The normalized spacial score (nSPS) is 12.9. The van der Waals surface area contributed by atoms with E-state index in [2.05, 4.69) is 78.9 Å². The highest BCUT2D eigenvalue weighted by Gasteiger charge is 2.25. The van der Waals surface area contributed by atoms with E-state index in [1.54, 1.807) is 6.07 Å². The highest BCUT2D eigenvalue weighted by atomic mass is 16.3. The predicted octanol–water partition coefficient (Wildman–Crippen LogP) is 4.52. The fourth-order valence-electron chi connectivity index (χ4n) is 5.66. The molecule has 8 nitrogen and oxygen atoms in total. The molecule has 0 saturated heterocycles. The van der Waals surface area contributed by atoms with Crippen molar-refractivity contribution in [1.82, 2.24) is 14.8 Å². The number of fused-ring (bicyclic) bond motifs is 2. The van der Waals surface area contributed by atoms with Gasteiger partial charge in [-0.25, -0.2) is 4.58 Å². The van der Waals surface area contributed by atoms with Crippen molar-refractivity contribution in [1.29, 1.82) is 0 Å². The summed E-state index contributed by atoms with van der Waals surface area (Å²) in [5.41, 5.74) is 4.93. The van der Waals surface area contributed by atoms with Crippen LogP contribution in [-0.4, -0.2) is 61.9 Å². The van der Waals surface area contributed by atoms with E-state index in [9.17, 15) is 14.4 Å². The fourth-order valence-corrected chi connectivity index (χ4v) is 5.66. The average molecular weight is 566 g/mol. The standard InChI is InChI=1S/C34H36N4O4/c1-5-36(6-2)23-13-15-27-29(21-23)42-30-22-24(37(7-3)8-4)14-16-28(30)33(27)25-11-9-10-12-26(25)34(41)35-19-20-38-31(39)17-18-32(38)40/h9-18,21-22H,5-8,19-20H2,1-4H3/p+1. The van der Waals surface area contributed by atoms with Gasteiger partial charge < -0.3 is 14.6 Å². The third kappa shape index (κ3) is 5.44. The smallest absolute Gasteiger partial charge is 0.253 e. The van der Waals surface area contributed by atoms with E-state index in [1.165, 1.54) is 12.2 Å². The first kappa shape index (κ1) is 28.8. The van der Waals surface area contributed by atoms with Gasteiger partial charge in [-0.1, -0.05) is 18.2 Å². The Morgan fingerprint density at radius 2 is 1.60 bits per heavy atom. The quantitative estimate of drug-likeness (QED) is 0.174. The van der Waals surface area contributed by atoms with Gasteiger partial charge in [0.05, 0.1) is 6.07 Å². The van der Waals surface area contributed by atoms with Crippen LogP contribution in [0.15, 0.2) is 77.2 Å². The summed E-state index contributed by atoms with van der Waals surface area (Å²) in [6, 6.07) is 20.0. The maximum absolute atomic E-state index is 13.5. The summed E-state index contributed by atoms with van der Waals surface area (Å²) < 4.78 is 8.86. The minimum atomic E-state index is -0.367. The van der Waals surface area contributed by atoms with Crippen molar-refractivity contribution < 1.29 is 18.8 Å². The molecule has 2 heterocycles. The van der Waals surface area contributed by atoms with Crippen LogP contribution in [0.1, 0.15) is 38.1 Å². The fraction of sp³-hybridized carbons (Fsp3) is 0.294. The summed E-state index contributed by atoms with van der Waals surface area (Å²) >= 11 is 0. The molecule has 2 aromatic rings. The van der Waals surface area contributed by atoms with Crippen molar-refractivity contribution in [2.45, 2.75) is 27.7 Å².